The highest BCUT2D eigenvalue weighted by Gasteiger charge is 2.13. The van der Waals surface area contributed by atoms with Gasteiger partial charge in [-0.2, -0.15) is 0 Å². The minimum atomic E-state index is -0.696. The summed E-state index contributed by atoms with van der Waals surface area (Å²) in [6.07, 6.45) is 0.791. The Morgan fingerprint density at radius 1 is 1.32 bits per heavy atom. The number of hydrogen-bond donors (Lipinski definition) is 3. The van der Waals surface area contributed by atoms with Crippen molar-refractivity contribution in [1.82, 2.24) is 5.32 Å². The van der Waals surface area contributed by atoms with Crippen molar-refractivity contribution in [3.05, 3.63) is 29.8 Å². The Hall–Kier alpha value is -1.88. The second-order valence-electron chi connectivity index (χ2n) is 4.40. The summed E-state index contributed by atoms with van der Waals surface area (Å²) >= 11 is 0. The number of rotatable bonds is 5. The smallest absolute Gasteiger partial charge is 0.313 e. The van der Waals surface area contributed by atoms with E-state index in [2.05, 4.69) is 10.6 Å². The maximum Gasteiger partial charge on any atom is 0.313 e. The monoisotopic (exact) mass is 264 g/mol. The third-order valence-corrected chi connectivity index (χ3v) is 2.65. The Morgan fingerprint density at radius 2 is 2.05 bits per heavy atom. The van der Waals surface area contributed by atoms with Crippen LogP contribution in [0.25, 0.3) is 0 Å². The first-order valence-electron chi connectivity index (χ1n) is 6.39. The zero-order valence-corrected chi connectivity index (χ0v) is 11.3. The third kappa shape index (κ3) is 5.52. The van der Waals surface area contributed by atoms with Crippen molar-refractivity contribution in [2.75, 3.05) is 11.9 Å². The quantitative estimate of drug-likeness (QED) is 0.696. The van der Waals surface area contributed by atoms with Crippen molar-refractivity contribution in [1.29, 1.82) is 0 Å². The van der Waals surface area contributed by atoms with E-state index in [1.165, 1.54) is 0 Å². The van der Waals surface area contributed by atoms with Gasteiger partial charge in [0.25, 0.3) is 0 Å². The summed E-state index contributed by atoms with van der Waals surface area (Å²) in [5.41, 5.74) is 1.70. The molecule has 0 heterocycles. The first kappa shape index (κ1) is 15.2. The molecule has 0 aliphatic carbocycles. The average molecular weight is 264 g/mol. The van der Waals surface area contributed by atoms with Crippen LogP contribution in [0.3, 0.4) is 0 Å². The van der Waals surface area contributed by atoms with Gasteiger partial charge in [-0.3, -0.25) is 9.59 Å². The van der Waals surface area contributed by atoms with Crippen LogP contribution in [0.2, 0.25) is 0 Å². The van der Waals surface area contributed by atoms with Crippen molar-refractivity contribution < 1.29 is 14.7 Å². The summed E-state index contributed by atoms with van der Waals surface area (Å²) in [6.45, 7) is 3.92. The maximum atomic E-state index is 11.6. The number of benzene rings is 1. The van der Waals surface area contributed by atoms with Crippen molar-refractivity contribution in [2.45, 2.75) is 32.8 Å². The number of hydrogen-bond acceptors (Lipinski definition) is 3. The predicted molar refractivity (Wildman–Crippen MR) is 73.8 cm³/mol. The fraction of sp³-hybridized carbons (Fsp3) is 0.429. The van der Waals surface area contributed by atoms with Crippen molar-refractivity contribution >= 4 is 17.5 Å². The topological polar surface area (TPSA) is 78.4 Å². The van der Waals surface area contributed by atoms with Gasteiger partial charge in [-0.1, -0.05) is 19.1 Å². The van der Waals surface area contributed by atoms with Crippen LogP contribution >= 0.6 is 0 Å². The van der Waals surface area contributed by atoms with Crippen LogP contribution in [0.1, 0.15) is 25.8 Å². The van der Waals surface area contributed by atoms with E-state index in [9.17, 15) is 9.59 Å². The molecule has 0 fully saturated rings. The lowest BCUT2D eigenvalue weighted by atomic mass is 10.1. The van der Waals surface area contributed by atoms with Crippen LogP contribution in [0, 0.1) is 0 Å². The summed E-state index contributed by atoms with van der Waals surface area (Å²) in [4.78, 5) is 23.1. The molecule has 0 radical (unpaired) electrons. The van der Waals surface area contributed by atoms with Crippen LogP contribution in [0.4, 0.5) is 5.69 Å². The molecule has 1 aromatic rings. The fourth-order valence-electron chi connectivity index (χ4n) is 1.53. The first-order valence-corrected chi connectivity index (χ1v) is 6.39. The molecule has 19 heavy (non-hydrogen) atoms. The number of carbonyl (C=O) groups excluding carboxylic acids is 2. The largest absolute Gasteiger partial charge is 0.393 e. The second kappa shape index (κ2) is 7.53. The SMILES string of the molecule is CCc1cccc(NC(=O)C(=O)NCCC(C)O)c1. The zero-order valence-electron chi connectivity index (χ0n) is 11.3. The number of carbonyl (C=O) groups is 2. The van der Waals surface area contributed by atoms with E-state index < -0.39 is 17.9 Å². The van der Waals surface area contributed by atoms with E-state index in [4.69, 9.17) is 5.11 Å². The molecule has 1 atom stereocenters. The Bertz CT molecular complexity index is 444. The summed E-state index contributed by atoms with van der Waals surface area (Å²) in [5, 5.41) is 14.0. The van der Waals surface area contributed by atoms with Crippen LogP contribution in [0.5, 0.6) is 0 Å². The molecule has 5 nitrogen and oxygen atoms in total. The van der Waals surface area contributed by atoms with Gasteiger partial charge in [-0.25, -0.2) is 0 Å². The molecular formula is C14H20N2O3. The first-order chi connectivity index (χ1) is 9.02. The van der Waals surface area contributed by atoms with Gasteiger partial charge in [0.1, 0.15) is 0 Å². The summed E-state index contributed by atoms with van der Waals surface area (Å²) in [6, 6.07) is 7.36. The molecule has 2 amide bonds. The summed E-state index contributed by atoms with van der Waals surface area (Å²) in [7, 11) is 0. The van der Waals surface area contributed by atoms with E-state index >= 15 is 0 Å². The van der Waals surface area contributed by atoms with E-state index in [0.29, 0.717) is 12.1 Å². The van der Waals surface area contributed by atoms with Gasteiger partial charge in [0.05, 0.1) is 6.10 Å². The molecule has 1 aromatic carbocycles. The highest BCUT2D eigenvalue weighted by molar-refractivity contribution is 6.39. The Balaban J connectivity index is 2.47. The minimum absolute atomic E-state index is 0.277. The predicted octanol–water partition coefficient (Wildman–Crippen LogP) is 1.07. The summed E-state index contributed by atoms with van der Waals surface area (Å²) in [5.74, 6) is -1.39. The minimum Gasteiger partial charge on any atom is -0.393 e. The highest BCUT2D eigenvalue weighted by atomic mass is 16.3. The Labute approximate surface area is 113 Å². The molecule has 0 saturated heterocycles. The second-order valence-corrected chi connectivity index (χ2v) is 4.40. The molecule has 0 aromatic heterocycles. The lowest BCUT2D eigenvalue weighted by Crippen LogP contribution is -2.36. The third-order valence-electron chi connectivity index (χ3n) is 2.65. The van der Waals surface area contributed by atoms with Crippen molar-refractivity contribution in [3.63, 3.8) is 0 Å². The van der Waals surface area contributed by atoms with Gasteiger partial charge in [-0.15, -0.1) is 0 Å². The molecule has 1 unspecified atom stereocenters. The maximum absolute atomic E-state index is 11.6. The molecule has 0 aliphatic heterocycles. The van der Waals surface area contributed by atoms with E-state index in [-0.39, 0.29) is 6.54 Å². The highest BCUT2D eigenvalue weighted by Crippen LogP contribution is 2.10. The van der Waals surface area contributed by atoms with Crippen molar-refractivity contribution in [3.8, 4) is 0 Å². The molecule has 0 spiro atoms. The van der Waals surface area contributed by atoms with Crippen LogP contribution in [0.15, 0.2) is 24.3 Å². The fourth-order valence-corrected chi connectivity index (χ4v) is 1.53. The van der Waals surface area contributed by atoms with Gasteiger partial charge < -0.3 is 15.7 Å². The average Bonchev–Trinajstić information content (AvgIpc) is 2.38. The zero-order chi connectivity index (χ0) is 14.3. The van der Waals surface area contributed by atoms with Gasteiger partial charge >= 0.3 is 11.8 Å². The molecule has 5 heteroatoms. The number of aryl methyl sites for hydroxylation is 1. The van der Waals surface area contributed by atoms with Gasteiger partial charge in [0, 0.05) is 12.2 Å². The van der Waals surface area contributed by atoms with Crippen LogP contribution < -0.4 is 10.6 Å². The lowest BCUT2D eigenvalue weighted by Gasteiger charge is -2.08. The summed E-state index contributed by atoms with van der Waals surface area (Å²) < 4.78 is 0. The molecule has 0 saturated carbocycles. The molecule has 0 bridgehead atoms. The number of nitrogens with one attached hydrogen (secondary N) is 2. The number of aliphatic hydroxyl groups is 1. The molecule has 3 N–H and O–H groups in total. The van der Waals surface area contributed by atoms with Gasteiger partial charge in [0.2, 0.25) is 0 Å². The molecule has 1 rings (SSSR count). The van der Waals surface area contributed by atoms with E-state index in [1.807, 2.05) is 25.1 Å². The Kier molecular flexibility index (Phi) is 6.02. The Morgan fingerprint density at radius 3 is 2.68 bits per heavy atom. The van der Waals surface area contributed by atoms with E-state index in [0.717, 1.165) is 12.0 Å². The lowest BCUT2D eigenvalue weighted by molar-refractivity contribution is -0.136. The molecular weight excluding hydrogens is 244 g/mol. The normalized spacial score (nSPS) is 11.7. The van der Waals surface area contributed by atoms with Crippen LogP contribution in [-0.4, -0.2) is 29.6 Å². The number of aliphatic hydroxyl groups excluding tert-OH is 1. The van der Waals surface area contributed by atoms with Gasteiger partial charge in [0.15, 0.2) is 0 Å². The van der Waals surface area contributed by atoms with Crippen LogP contribution in [-0.2, 0) is 16.0 Å². The van der Waals surface area contributed by atoms with E-state index in [1.54, 1.807) is 13.0 Å². The number of anilines is 1. The van der Waals surface area contributed by atoms with Gasteiger partial charge in [-0.05, 0) is 37.5 Å². The molecule has 104 valence electrons. The van der Waals surface area contributed by atoms with Crippen molar-refractivity contribution in [2.24, 2.45) is 0 Å². The number of amides is 2. The molecule has 0 aliphatic rings. The standard InChI is InChI=1S/C14H20N2O3/c1-3-11-5-4-6-12(9-11)16-14(19)13(18)15-8-7-10(2)17/h4-6,9-10,17H,3,7-8H2,1-2H3,(H,15,18)(H,16,19).